The molecule has 1 aromatic rings. The number of carbonyl (C=O) groups is 3. The van der Waals surface area contributed by atoms with Crippen molar-refractivity contribution >= 4 is 17.8 Å². The van der Waals surface area contributed by atoms with Gasteiger partial charge in [0.05, 0.1) is 0 Å². The molecule has 1 atom stereocenters. The number of likely N-dealkylation sites (tertiary alicyclic amines) is 1. The number of nitrogens with one attached hydrogen (secondary N) is 1. The Bertz CT molecular complexity index is 770. The first kappa shape index (κ1) is 19.0. The van der Waals surface area contributed by atoms with E-state index < -0.39 is 11.6 Å². The number of rotatable bonds is 2. The van der Waals surface area contributed by atoms with E-state index in [-0.39, 0.29) is 18.4 Å². The number of benzene rings is 1. The molecule has 0 saturated carbocycles. The van der Waals surface area contributed by atoms with Gasteiger partial charge in [-0.1, -0.05) is 43.5 Å². The highest BCUT2D eigenvalue weighted by Crippen LogP contribution is 2.38. The van der Waals surface area contributed by atoms with Crippen LogP contribution in [0.15, 0.2) is 24.3 Å². The van der Waals surface area contributed by atoms with Crippen molar-refractivity contribution in [3.8, 4) is 0 Å². The van der Waals surface area contributed by atoms with Crippen molar-refractivity contribution in [3.05, 3.63) is 35.4 Å². The zero-order chi connectivity index (χ0) is 19.6. The lowest BCUT2D eigenvalue weighted by atomic mass is 9.84. The zero-order valence-electron chi connectivity index (χ0n) is 16.4. The molecule has 0 radical (unpaired) electrons. The van der Waals surface area contributed by atoms with E-state index in [1.54, 1.807) is 0 Å². The van der Waals surface area contributed by atoms with Gasteiger partial charge in [0.2, 0.25) is 5.91 Å². The number of hydrogen-bond donors (Lipinski definition) is 1. The van der Waals surface area contributed by atoms with Gasteiger partial charge < -0.3 is 10.2 Å². The summed E-state index contributed by atoms with van der Waals surface area (Å²) in [4.78, 5) is 42.0. The minimum absolute atomic E-state index is 0.121. The molecular weight excluding hydrogens is 354 g/mol. The van der Waals surface area contributed by atoms with Crippen LogP contribution in [-0.4, -0.2) is 47.3 Å². The van der Waals surface area contributed by atoms with Crippen LogP contribution in [0.1, 0.15) is 62.5 Å². The monoisotopic (exact) mass is 383 g/mol. The van der Waals surface area contributed by atoms with Crippen LogP contribution in [0.2, 0.25) is 0 Å². The third-order valence-corrected chi connectivity index (χ3v) is 6.40. The van der Waals surface area contributed by atoms with Crippen molar-refractivity contribution in [1.29, 1.82) is 0 Å². The second-order valence-corrected chi connectivity index (χ2v) is 8.24. The number of hydrogen-bond acceptors (Lipinski definition) is 3. The molecule has 2 fully saturated rings. The first-order valence-corrected chi connectivity index (χ1v) is 10.6. The van der Waals surface area contributed by atoms with Gasteiger partial charge in [-0.3, -0.25) is 14.5 Å². The van der Waals surface area contributed by atoms with Crippen LogP contribution in [0.3, 0.4) is 0 Å². The first-order valence-electron chi connectivity index (χ1n) is 10.6. The average molecular weight is 383 g/mol. The summed E-state index contributed by atoms with van der Waals surface area (Å²) in [6.07, 6.45) is 8.82. The van der Waals surface area contributed by atoms with E-state index in [9.17, 15) is 14.4 Å². The Labute approximate surface area is 166 Å². The van der Waals surface area contributed by atoms with E-state index in [1.165, 1.54) is 6.42 Å². The summed E-state index contributed by atoms with van der Waals surface area (Å²) >= 11 is 0. The summed E-state index contributed by atoms with van der Waals surface area (Å²) in [7, 11) is 0. The van der Waals surface area contributed by atoms with E-state index in [2.05, 4.69) is 5.32 Å². The van der Waals surface area contributed by atoms with Crippen molar-refractivity contribution in [2.75, 3.05) is 19.6 Å². The van der Waals surface area contributed by atoms with Gasteiger partial charge in [0.15, 0.2) is 0 Å². The fourth-order valence-corrected chi connectivity index (χ4v) is 4.85. The Morgan fingerprint density at radius 2 is 1.68 bits per heavy atom. The van der Waals surface area contributed by atoms with Gasteiger partial charge in [-0.25, -0.2) is 4.79 Å². The maximum absolute atomic E-state index is 13.4. The zero-order valence-corrected chi connectivity index (χ0v) is 16.4. The Hall–Kier alpha value is -2.37. The number of imide groups is 1. The molecule has 4 amide bonds. The molecule has 2 aliphatic heterocycles. The molecule has 1 spiro atoms. The van der Waals surface area contributed by atoms with E-state index in [0.29, 0.717) is 6.42 Å². The molecule has 28 heavy (non-hydrogen) atoms. The molecular formula is C22H29N3O3. The molecule has 0 bridgehead atoms. The number of amides is 4. The Kier molecular flexibility index (Phi) is 5.38. The van der Waals surface area contributed by atoms with Gasteiger partial charge in [-0.05, 0) is 49.7 Å². The lowest BCUT2D eigenvalue weighted by molar-refractivity contribution is -0.139. The predicted molar refractivity (Wildman–Crippen MR) is 106 cm³/mol. The summed E-state index contributed by atoms with van der Waals surface area (Å²) in [5, 5.41) is 2.96. The van der Waals surface area contributed by atoms with Crippen molar-refractivity contribution in [2.24, 2.45) is 0 Å². The molecule has 3 aliphatic rings. The Morgan fingerprint density at radius 1 is 0.964 bits per heavy atom. The van der Waals surface area contributed by atoms with Crippen molar-refractivity contribution < 1.29 is 14.4 Å². The van der Waals surface area contributed by atoms with E-state index in [4.69, 9.17) is 0 Å². The van der Waals surface area contributed by atoms with E-state index in [1.807, 2.05) is 29.2 Å². The molecule has 0 aromatic heterocycles. The number of aryl methyl sites for hydroxylation is 1. The highest BCUT2D eigenvalue weighted by Gasteiger charge is 2.53. The van der Waals surface area contributed by atoms with Gasteiger partial charge in [-0.2, -0.15) is 0 Å². The summed E-state index contributed by atoms with van der Waals surface area (Å²) in [6.45, 7) is 1.28. The number of nitrogens with zero attached hydrogens (tertiary/aromatic N) is 2. The van der Waals surface area contributed by atoms with Crippen molar-refractivity contribution in [1.82, 2.24) is 15.1 Å². The second-order valence-electron chi connectivity index (χ2n) is 8.24. The molecule has 6 heteroatoms. The normalized spacial score (nSPS) is 25.7. The molecule has 2 saturated heterocycles. The second kappa shape index (κ2) is 7.94. The highest BCUT2D eigenvalue weighted by molar-refractivity contribution is 6.09. The van der Waals surface area contributed by atoms with E-state index >= 15 is 0 Å². The SMILES string of the molecule is O=C(CN1C(=O)NC2(CCCCc3ccccc32)C1=O)N1CCCCCCC1. The standard InChI is InChI=1S/C22H29N3O3/c26-19(24-14-8-2-1-3-9-15-24)16-25-20(27)22(23-21(25)28)13-7-6-11-17-10-4-5-12-18(17)22/h4-5,10,12H,1-3,6-9,11,13-16H2,(H,23,28). The molecule has 1 unspecified atom stereocenters. The van der Waals surface area contributed by atoms with Crippen LogP contribution in [0.25, 0.3) is 0 Å². The Morgan fingerprint density at radius 3 is 2.46 bits per heavy atom. The van der Waals surface area contributed by atoms with E-state index in [0.717, 1.165) is 74.1 Å². The molecule has 4 rings (SSSR count). The predicted octanol–water partition coefficient (Wildman–Crippen LogP) is 2.95. The van der Waals surface area contributed by atoms with Crippen molar-refractivity contribution in [3.63, 3.8) is 0 Å². The summed E-state index contributed by atoms with van der Waals surface area (Å²) < 4.78 is 0. The van der Waals surface area contributed by atoms with Gasteiger partial charge >= 0.3 is 6.03 Å². The maximum Gasteiger partial charge on any atom is 0.325 e. The quantitative estimate of drug-likeness (QED) is 0.799. The molecule has 1 N–H and O–H groups in total. The third kappa shape index (κ3) is 3.40. The molecule has 150 valence electrons. The van der Waals surface area contributed by atoms with Crippen molar-refractivity contribution in [2.45, 2.75) is 63.3 Å². The summed E-state index contributed by atoms with van der Waals surface area (Å²) in [6, 6.07) is 7.43. The van der Waals surface area contributed by atoms with Crippen LogP contribution in [-0.2, 0) is 21.5 Å². The maximum atomic E-state index is 13.4. The molecule has 1 aliphatic carbocycles. The summed E-state index contributed by atoms with van der Waals surface area (Å²) in [5.74, 6) is -0.392. The Balaban J connectivity index is 1.55. The minimum atomic E-state index is -1.01. The minimum Gasteiger partial charge on any atom is -0.341 e. The third-order valence-electron chi connectivity index (χ3n) is 6.40. The van der Waals surface area contributed by atoms with Crippen LogP contribution in [0.4, 0.5) is 4.79 Å². The van der Waals surface area contributed by atoms with Gasteiger partial charge in [0, 0.05) is 13.1 Å². The highest BCUT2D eigenvalue weighted by atomic mass is 16.2. The van der Waals surface area contributed by atoms with Crippen LogP contribution < -0.4 is 5.32 Å². The molecule has 1 aromatic carbocycles. The largest absolute Gasteiger partial charge is 0.341 e. The fourth-order valence-electron chi connectivity index (χ4n) is 4.85. The number of fused-ring (bicyclic) bond motifs is 2. The lowest BCUT2D eigenvalue weighted by Crippen LogP contribution is -2.46. The fraction of sp³-hybridized carbons (Fsp3) is 0.591. The van der Waals surface area contributed by atoms with Gasteiger partial charge in [-0.15, -0.1) is 0 Å². The summed E-state index contributed by atoms with van der Waals surface area (Å²) in [5.41, 5.74) is 0.999. The number of carbonyl (C=O) groups excluding carboxylic acids is 3. The number of urea groups is 1. The molecule has 6 nitrogen and oxygen atoms in total. The van der Waals surface area contributed by atoms with Crippen LogP contribution in [0, 0.1) is 0 Å². The average Bonchev–Trinajstić information content (AvgIpc) is 2.81. The first-order chi connectivity index (χ1) is 13.6. The van der Waals surface area contributed by atoms with Gasteiger partial charge in [0.25, 0.3) is 5.91 Å². The van der Waals surface area contributed by atoms with Crippen LogP contribution in [0.5, 0.6) is 0 Å². The molecule has 2 heterocycles. The topological polar surface area (TPSA) is 69.7 Å². The lowest BCUT2D eigenvalue weighted by Gasteiger charge is -2.28. The van der Waals surface area contributed by atoms with Gasteiger partial charge in [0.1, 0.15) is 12.1 Å². The smallest absolute Gasteiger partial charge is 0.325 e. The van der Waals surface area contributed by atoms with Crippen LogP contribution >= 0.6 is 0 Å².